The molecule has 0 saturated carbocycles. The first-order valence-corrected chi connectivity index (χ1v) is 12.0. The fourth-order valence-electron chi connectivity index (χ4n) is 3.58. The highest BCUT2D eigenvalue weighted by Gasteiger charge is 2.25. The number of rotatable bonds is 9. The molecule has 1 unspecified atom stereocenters. The molecule has 1 aromatic heterocycles. The van der Waals surface area contributed by atoms with E-state index in [0.717, 1.165) is 44.7 Å². The molecule has 1 aliphatic rings. The zero-order valence-corrected chi connectivity index (χ0v) is 19.0. The number of aromatic nitrogens is 2. The summed E-state index contributed by atoms with van der Waals surface area (Å²) in [5.41, 5.74) is 0. The van der Waals surface area contributed by atoms with Gasteiger partial charge in [0.1, 0.15) is 11.6 Å². The number of benzene rings is 1. The molecule has 1 saturated heterocycles. The molecule has 30 heavy (non-hydrogen) atoms. The van der Waals surface area contributed by atoms with Gasteiger partial charge in [-0.2, -0.15) is 4.98 Å². The van der Waals surface area contributed by atoms with Crippen molar-refractivity contribution in [2.75, 3.05) is 44.4 Å². The lowest BCUT2D eigenvalue weighted by Crippen LogP contribution is -2.44. The van der Waals surface area contributed by atoms with Gasteiger partial charge >= 0.3 is 6.01 Å². The minimum atomic E-state index is -1.34. The molecule has 2 heterocycles. The van der Waals surface area contributed by atoms with E-state index in [0.29, 0.717) is 24.4 Å². The lowest BCUT2D eigenvalue weighted by atomic mass is 10.0. The molecule has 0 radical (unpaired) electrons. The Labute approximate surface area is 180 Å². The highest BCUT2D eigenvalue weighted by atomic mass is 32.2. The van der Waals surface area contributed by atoms with E-state index in [9.17, 15) is 8.60 Å². The molecule has 0 spiro atoms. The van der Waals surface area contributed by atoms with Crippen LogP contribution in [0, 0.1) is 5.82 Å². The van der Waals surface area contributed by atoms with E-state index in [2.05, 4.69) is 40.8 Å². The van der Waals surface area contributed by atoms with Gasteiger partial charge < -0.3 is 19.1 Å². The first kappa shape index (κ1) is 22.7. The Morgan fingerprint density at radius 3 is 2.70 bits per heavy atom. The van der Waals surface area contributed by atoms with Gasteiger partial charge in [0.2, 0.25) is 0 Å². The summed E-state index contributed by atoms with van der Waals surface area (Å²) in [6, 6.07) is 5.62. The quantitative estimate of drug-likeness (QED) is 0.555. The highest BCUT2D eigenvalue weighted by Crippen LogP contribution is 2.23. The van der Waals surface area contributed by atoms with Crippen molar-refractivity contribution in [2.24, 2.45) is 0 Å². The third kappa shape index (κ3) is 5.78. The Bertz CT molecular complexity index is 853. The van der Waals surface area contributed by atoms with Crippen molar-refractivity contribution >= 4 is 16.8 Å². The van der Waals surface area contributed by atoms with Gasteiger partial charge in [-0.25, -0.2) is 4.39 Å². The third-order valence-corrected chi connectivity index (χ3v) is 6.39. The molecule has 1 aromatic carbocycles. The van der Waals surface area contributed by atoms with E-state index in [1.807, 2.05) is 0 Å². The van der Waals surface area contributed by atoms with Gasteiger partial charge in [0.15, 0.2) is 5.82 Å². The summed E-state index contributed by atoms with van der Waals surface area (Å²) in [7, 11) is 0.799. The summed E-state index contributed by atoms with van der Waals surface area (Å²) in [5, 5.41) is 4.05. The van der Waals surface area contributed by atoms with E-state index in [1.165, 1.54) is 18.4 Å². The summed E-state index contributed by atoms with van der Waals surface area (Å²) in [6.45, 7) is 7.32. The molecule has 1 atom stereocenters. The van der Waals surface area contributed by atoms with Crippen molar-refractivity contribution in [3.05, 3.63) is 29.8 Å². The fraction of sp³-hybridized carbons (Fsp3) is 0.619. The third-order valence-electron chi connectivity index (χ3n) is 5.44. The molecule has 0 N–H and O–H groups in total. The smallest absolute Gasteiger partial charge is 0.324 e. The van der Waals surface area contributed by atoms with Crippen molar-refractivity contribution in [1.29, 1.82) is 0 Å². The Morgan fingerprint density at radius 1 is 1.37 bits per heavy atom. The van der Waals surface area contributed by atoms with Crippen LogP contribution in [0.3, 0.4) is 0 Å². The first-order chi connectivity index (χ1) is 14.3. The summed E-state index contributed by atoms with van der Waals surface area (Å²) < 4.78 is 36.3. The number of piperidine rings is 1. The molecule has 1 fully saturated rings. The summed E-state index contributed by atoms with van der Waals surface area (Å²) in [5.74, 6) is 0.997. The van der Waals surface area contributed by atoms with Crippen LogP contribution in [0.4, 0.5) is 10.4 Å². The topological polar surface area (TPSA) is 71.7 Å². The number of anilines is 1. The molecule has 1 aliphatic heterocycles. The van der Waals surface area contributed by atoms with Crippen LogP contribution >= 0.6 is 0 Å². The standard InChI is InChI=1S/C21H31FN4O3S/c1-15(2)20-23-21(29-24-20)26-11-8-16(9-12-26)25(3)10-5-13-28-17-6-7-19(30(4)27)18(22)14-17/h6-7,14-16H,5,8-13H2,1-4H3. The normalized spacial score (nSPS) is 16.4. The molecule has 9 heteroatoms. The largest absolute Gasteiger partial charge is 0.493 e. The van der Waals surface area contributed by atoms with Crippen LogP contribution in [0.2, 0.25) is 0 Å². The van der Waals surface area contributed by atoms with Crippen LogP contribution in [-0.4, -0.2) is 64.8 Å². The predicted octanol–water partition coefficient (Wildman–Crippen LogP) is 3.44. The van der Waals surface area contributed by atoms with Gasteiger partial charge in [0.05, 0.1) is 22.3 Å². The van der Waals surface area contributed by atoms with Gasteiger partial charge in [-0.3, -0.25) is 4.21 Å². The maximum Gasteiger partial charge on any atom is 0.324 e. The maximum absolute atomic E-state index is 13.9. The minimum Gasteiger partial charge on any atom is -0.493 e. The molecule has 0 amide bonds. The van der Waals surface area contributed by atoms with Crippen molar-refractivity contribution in [1.82, 2.24) is 15.0 Å². The average Bonchev–Trinajstić information content (AvgIpc) is 3.21. The van der Waals surface area contributed by atoms with E-state index in [-0.39, 0.29) is 10.8 Å². The molecule has 3 rings (SSSR count). The molecular weight excluding hydrogens is 407 g/mol. The van der Waals surface area contributed by atoms with E-state index < -0.39 is 16.6 Å². The molecule has 2 aromatic rings. The van der Waals surface area contributed by atoms with Gasteiger partial charge in [-0.1, -0.05) is 19.0 Å². The lowest BCUT2D eigenvalue weighted by molar-refractivity contribution is 0.187. The van der Waals surface area contributed by atoms with Gasteiger partial charge in [-0.15, -0.1) is 0 Å². The zero-order valence-electron chi connectivity index (χ0n) is 18.1. The van der Waals surface area contributed by atoms with E-state index in [4.69, 9.17) is 9.26 Å². The number of hydrogen-bond donors (Lipinski definition) is 0. The summed E-state index contributed by atoms with van der Waals surface area (Å²) >= 11 is 0. The highest BCUT2D eigenvalue weighted by molar-refractivity contribution is 7.84. The first-order valence-electron chi connectivity index (χ1n) is 10.4. The van der Waals surface area contributed by atoms with Gasteiger partial charge in [-0.05, 0) is 38.4 Å². The Balaban J connectivity index is 1.38. The van der Waals surface area contributed by atoms with Crippen LogP contribution in [-0.2, 0) is 10.8 Å². The number of ether oxygens (including phenoxy) is 1. The second-order valence-corrected chi connectivity index (χ2v) is 9.39. The predicted molar refractivity (Wildman–Crippen MR) is 115 cm³/mol. The Kier molecular flexibility index (Phi) is 7.82. The maximum atomic E-state index is 13.9. The molecular formula is C21H31FN4O3S. The van der Waals surface area contributed by atoms with Crippen LogP contribution in [0.15, 0.2) is 27.6 Å². The van der Waals surface area contributed by atoms with E-state index in [1.54, 1.807) is 6.07 Å². The van der Waals surface area contributed by atoms with Crippen LogP contribution in [0.5, 0.6) is 5.75 Å². The second-order valence-electron chi connectivity index (χ2n) is 8.04. The molecule has 7 nitrogen and oxygen atoms in total. The van der Waals surface area contributed by atoms with Gasteiger partial charge in [0.25, 0.3) is 0 Å². The fourth-order valence-corrected chi connectivity index (χ4v) is 4.17. The minimum absolute atomic E-state index is 0.203. The van der Waals surface area contributed by atoms with E-state index >= 15 is 0 Å². The Morgan fingerprint density at radius 2 is 2.10 bits per heavy atom. The van der Waals surface area contributed by atoms with Crippen molar-refractivity contribution in [3.63, 3.8) is 0 Å². The summed E-state index contributed by atoms with van der Waals surface area (Å²) in [6.07, 6.45) is 4.39. The van der Waals surface area contributed by atoms with Crippen molar-refractivity contribution in [3.8, 4) is 5.75 Å². The number of halogens is 1. The Hall–Kier alpha value is -2.00. The summed E-state index contributed by atoms with van der Waals surface area (Å²) in [4.78, 5) is 9.21. The number of hydrogen-bond acceptors (Lipinski definition) is 7. The average molecular weight is 439 g/mol. The van der Waals surface area contributed by atoms with Gasteiger partial charge in [0, 0.05) is 43.9 Å². The van der Waals surface area contributed by atoms with Crippen LogP contribution in [0.25, 0.3) is 0 Å². The molecule has 0 bridgehead atoms. The van der Waals surface area contributed by atoms with Crippen molar-refractivity contribution < 1.29 is 17.9 Å². The van der Waals surface area contributed by atoms with Crippen LogP contribution in [0.1, 0.15) is 44.9 Å². The zero-order chi connectivity index (χ0) is 21.7. The SMILES string of the molecule is CC(C)c1noc(N2CCC(N(C)CCCOc3ccc(S(C)=O)c(F)c3)CC2)n1. The van der Waals surface area contributed by atoms with Crippen LogP contribution < -0.4 is 9.64 Å². The molecule has 166 valence electrons. The lowest BCUT2D eigenvalue weighted by Gasteiger charge is -2.35. The monoisotopic (exact) mass is 438 g/mol. The van der Waals surface area contributed by atoms with Crippen molar-refractivity contribution in [2.45, 2.75) is 50.0 Å². The number of nitrogens with zero attached hydrogens (tertiary/aromatic N) is 4. The second kappa shape index (κ2) is 10.3. The molecule has 0 aliphatic carbocycles.